The van der Waals surface area contributed by atoms with Crippen LogP contribution < -0.4 is 15.4 Å². The lowest BCUT2D eigenvalue weighted by atomic mass is 10.2. The predicted molar refractivity (Wildman–Crippen MR) is 91.8 cm³/mol. The average molecular weight is 331 g/mol. The van der Waals surface area contributed by atoms with Crippen molar-refractivity contribution in [3.05, 3.63) is 59.1 Å². The zero-order chi connectivity index (χ0) is 16.2. The number of hydrogen-bond acceptors (Lipinski definition) is 3. The molecular weight excluding hydrogens is 312 g/mol. The molecule has 23 heavy (non-hydrogen) atoms. The molecule has 1 atom stereocenters. The Morgan fingerprint density at radius 3 is 2.52 bits per heavy atom. The topological polar surface area (TPSA) is 55.6 Å². The minimum absolute atomic E-state index is 0.198. The number of rotatable bonds is 5. The molecular formula is C18H19ClN2O2. The maximum Gasteiger partial charge on any atom is 0.240 e. The van der Waals surface area contributed by atoms with Crippen molar-refractivity contribution < 1.29 is 9.53 Å². The second-order valence-electron chi connectivity index (χ2n) is 5.66. The molecule has 1 heterocycles. The Morgan fingerprint density at radius 1 is 1.17 bits per heavy atom. The third-order valence-electron chi connectivity index (χ3n) is 4.07. The van der Waals surface area contributed by atoms with Gasteiger partial charge in [-0.3, -0.25) is 4.79 Å². The Labute approximate surface area is 140 Å². The second kappa shape index (κ2) is 6.92. The fourth-order valence-electron chi connectivity index (χ4n) is 2.85. The van der Waals surface area contributed by atoms with Gasteiger partial charge in [0.25, 0.3) is 0 Å². The maximum atomic E-state index is 11.5. The Bertz CT molecular complexity index is 670. The molecule has 1 saturated heterocycles. The highest BCUT2D eigenvalue weighted by Crippen LogP contribution is 2.27. The predicted octanol–water partition coefficient (Wildman–Crippen LogP) is 3.37. The van der Waals surface area contributed by atoms with Gasteiger partial charge in [0.15, 0.2) is 0 Å². The van der Waals surface area contributed by atoms with Gasteiger partial charge in [-0.05, 0) is 54.8 Å². The average Bonchev–Trinajstić information content (AvgIpc) is 3.05. The van der Waals surface area contributed by atoms with Gasteiger partial charge in [0.2, 0.25) is 5.91 Å². The van der Waals surface area contributed by atoms with Crippen molar-refractivity contribution in [3.63, 3.8) is 0 Å². The molecule has 0 aliphatic carbocycles. The summed E-state index contributed by atoms with van der Waals surface area (Å²) in [5, 5.41) is 0.715. The number of carbonyl (C=O) groups excluding carboxylic acids is 1. The van der Waals surface area contributed by atoms with Crippen LogP contribution in [0.15, 0.2) is 48.5 Å². The van der Waals surface area contributed by atoms with E-state index < -0.39 is 0 Å². The summed E-state index contributed by atoms with van der Waals surface area (Å²) in [4.78, 5) is 13.5. The molecule has 1 aliphatic heterocycles. The van der Waals surface area contributed by atoms with Crippen LogP contribution in [0.25, 0.3) is 0 Å². The first kappa shape index (κ1) is 15.7. The van der Waals surface area contributed by atoms with Crippen LogP contribution >= 0.6 is 11.6 Å². The van der Waals surface area contributed by atoms with Gasteiger partial charge in [-0.15, -0.1) is 0 Å². The van der Waals surface area contributed by atoms with E-state index >= 15 is 0 Å². The third-order valence-corrected chi connectivity index (χ3v) is 4.32. The van der Waals surface area contributed by atoms with Crippen molar-refractivity contribution in [1.29, 1.82) is 0 Å². The monoisotopic (exact) mass is 330 g/mol. The van der Waals surface area contributed by atoms with Crippen LogP contribution in [0.2, 0.25) is 5.02 Å². The molecule has 0 saturated carbocycles. The number of carbonyl (C=O) groups is 1. The highest BCUT2D eigenvalue weighted by atomic mass is 35.5. The van der Waals surface area contributed by atoms with Crippen molar-refractivity contribution in [1.82, 2.24) is 0 Å². The Hall–Kier alpha value is -2.20. The normalized spacial score (nSPS) is 17.3. The van der Waals surface area contributed by atoms with Gasteiger partial charge in [0.1, 0.15) is 18.4 Å². The minimum Gasteiger partial charge on any atom is -0.489 e. The van der Waals surface area contributed by atoms with E-state index in [4.69, 9.17) is 22.1 Å². The summed E-state index contributed by atoms with van der Waals surface area (Å²) in [6, 6.07) is 15.2. The van der Waals surface area contributed by atoms with E-state index in [9.17, 15) is 4.79 Å². The quantitative estimate of drug-likeness (QED) is 0.914. The van der Waals surface area contributed by atoms with Crippen LogP contribution in [-0.2, 0) is 11.4 Å². The number of nitrogens with zero attached hydrogens (tertiary/aromatic N) is 1. The van der Waals surface area contributed by atoms with Crippen LogP contribution in [0.4, 0.5) is 5.69 Å². The summed E-state index contributed by atoms with van der Waals surface area (Å²) in [7, 11) is 0. The van der Waals surface area contributed by atoms with Gasteiger partial charge in [-0.2, -0.15) is 0 Å². The minimum atomic E-state index is -0.259. The lowest BCUT2D eigenvalue weighted by Gasteiger charge is -2.24. The van der Waals surface area contributed by atoms with Crippen molar-refractivity contribution in [2.24, 2.45) is 5.73 Å². The molecule has 0 spiro atoms. The number of amides is 1. The Kier molecular flexibility index (Phi) is 4.72. The van der Waals surface area contributed by atoms with Gasteiger partial charge in [0.05, 0.1) is 0 Å². The molecule has 2 N–H and O–H groups in total. The van der Waals surface area contributed by atoms with Crippen molar-refractivity contribution in [2.45, 2.75) is 25.5 Å². The van der Waals surface area contributed by atoms with Crippen molar-refractivity contribution in [2.75, 3.05) is 11.4 Å². The number of halogens is 1. The molecule has 3 rings (SSSR count). The maximum absolute atomic E-state index is 11.5. The number of ether oxygens (including phenoxy) is 1. The largest absolute Gasteiger partial charge is 0.489 e. The summed E-state index contributed by atoms with van der Waals surface area (Å²) in [5.41, 5.74) is 7.53. The second-order valence-corrected chi connectivity index (χ2v) is 6.10. The highest BCUT2D eigenvalue weighted by molar-refractivity contribution is 6.30. The summed E-state index contributed by atoms with van der Waals surface area (Å²) in [6.07, 6.45) is 1.81. The summed E-state index contributed by atoms with van der Waals surface area (Å²) in [6.45, 7) is 1.35. The van der Waals surface area contributed by atoms with Crippen LogP contribution in [0.3, 0.4) is 0 Å². The first-order valence-corrected chi connectivity index (χ1v) is 8.04. The van der Waals surface area contributed by atoms with Crippen molar-refractivity contribution in [3.8, 4) is 5.75 Å². The van der Waals surface area contributed by atoms with E-state index in [-0.39, 0.29) is 11.9 Å². The molecule has 0 radical (unpaired) electrons. The van der Waals surface area contributed by atoms with Crippen LogP contribution in [-0.4, -0.2) is 18.5 Å². The van der Waals surface area contributed by atoms with Crippen molar-refractivity contribution >= 4 is 23.2 Å². The van der Waals surface area contributed by atoms with Gasteiger partial charge >= 0.3 is 0 Å². The zero-order valence-electron chi connectivity index (χ0n) is 12.7. The van der Waals surface area contributed by atoms with Crippen LogP contribution in [0.1, 0.15) is 18.4 Å². The van der Waals surface area contributed by atoms with E-state index in [0.29, 0.717) is 11.6 Å². The van der Waals surface area contributed by atoms with Gasteiger partial charge in [-0.25, -0.2) is 0 Å². The molecule has 0 aromatic heterocycles. The molecule has 1 aliphatic rings. The summed E-state index contributed by atoms with van der Waals surface area (Å²) in [5.74, 6) is 0.532. The molecule has 0 bridgehead atoms. The zero-order valence-corrected chi connectivity index (χ0v) is 13.5. The van der Waals surface area contributed by atoms with E-state index in [2.05, 4.69) is 4.90 Å². The molecule has 2 aromatic carbocycles. The molecule has 1 amide bonds. The molecule has 0 unspecified atom stereocenters. The summed E-state index contributed by atoms with van der Waals surface area (Å²) >= 11 is 5.86. The highest BCUT2D eigenvalue weighted by Gasteiger charge is 2.28. The van der Waals surface area contributed by atoms with Crippen LogP contribution in [0.5, 0.6) is 5.75 Å². The Morgan fingerprint density at radius 2 is 1.87 bits per heavy atom. The lowest BCUT2D eigenvalue weighted by molar-refractivity contribution is -0.119. The molecule has 120 valence electrons. The van der Waals surface area contributed by atoms with E-state index in [1.807, 2.05) is 48.5 Å². The fraction of sp³-hybridized carbons (Fsp3) is 0.278. The van der Waals surface area contributed by atoms with Gasteiger partial charge in [0, 0.05) is 17.3 Å². The number of anilines is 1. The summed E-state index contributed by atoms with van der Waals surface area (Å²) < 4.78 is 5.77. The molecule has 2 aromatic rings. The van der Waals surface area contributed by atoms with Gasteiger partial charge < -0.3 is 15.4 Å². The number of primary amides is 1. The fourth-order valence-corrected chi connectivity index (χ4v) is 2.98. The van der Waals surface area contributed by atoms with Gasteiger partial charge in [-0.1, -0.05) is 23.7 Å². The first-order chi connectivity index (χ1) is 11.1. The Balaban J connectivity index is 1.63. The van der Waals surface area contributed by atoms with E-state index in [1.54, 1.807) is 0 Å². The lowest BCUT2D eigenvalue weighted by Crippen LogP contribution is -2.40. The standard InChI is InChI=1S/C18H19ClN2O2/c19-14-5-3-13(4-6-14)12-23-16-9-7-15(8-10-16)21-11-1-2-17(21)18(20)22/h3-10,17H,1-2,11-12H2,(H2,20,22)/t17-/m1/s1. The molecule has 4 nitrogen and oxygen atoms in total. The van der Waals surface area contributed by atoms with E-state index in [0.717, 1.165) is 36.4 Å². The number of benzene rings is 2. The third kappa shape index (κ3) is 3.77. The number of hydrogen-bond donors (Lipinski definition) is 1. The molecule has 1 fully saturated rings. The molecule has 5 heteroatoms. The number of nitrogens with two attached hydrogens (primary N) is 1. The smallest absolute Gasteiger partial charge is 0.240 e. The SMILES string of the molecule is NC(=O)[C@H]1CCCN1c1ccc(OCc2ccc(Cl)cc2)cc1. The van der Waals surface area contributed by atoms with Crippen LogP contribution in [0, 0.1) is 0 Å². The first-order valence-electron chi connectivity index (χ1n) is 7.67. The van der Waals surface area contributed by atoms with E-state index in [1.165, 1.54) is 0 Å².